The highest BCUT2D eigenvalue weighted by atomic mass is 35.5. The topological polar surface area (TPSA) is 82.0 Å². The molecule has 0 saturated carbocycles. The molecule has 0 radical (unpaired) electrons. The van der Waals surface area contributed by atoms with E-state index in [9.17, 15) is 0 Å². The molecule has 1 heterocycles. The van der Waals surface area contributed by atoms with E-state index in [0.29, 0.717) is 15.6 Å². The summed E-state index contributed by atoms with van der Waals surface area (Å²) in [5.41, 5.74) is 6.01. The van der Waals surface area contributed by atoms with Crippen LogP contribution in [-0.2, 0) is 0 Å². The molecule has 0 saturated heterocycles. The standard InChI is InChI=1S/C8H6Cl2N6/c9-6-2-1-3-7(10)5(6)4-12-16-8(11)13-14-15-16/h1-4H,(H2,11,13,15)/b12-4-. The van der Waals surface area contributed by atoms with Gasteiger partial charge in [-0.25, -0.2) is 0 Å². The fourth-order valence-electron chi connectivity index (χ4n) is 1.02. The van der Waals surface area contributed by atoms with Gasteiger partial charge in [-0.1, -0.05) is 39.2 Å². The van der Waals surface area contributed by atoms with Crippen LogP contribution in [0.15, 0.2) is 23.3 Å². The lowest BCUT2D eigenvalue weighted by Gasteiger charge is -1.99. The molecule has 1 aromatic heterocycles. The Balaban J connectivity index is 2.34. The van der Waals surface area contributed by atoms with Crippen LogP contribution in [0.25, 0.3) is 0 Å². The van der Waals surface area contributed by atoms with E-state index in [0.717, 1.165) is 4.79 Å². The maximum absolute atomic E-state index is 5.94. The fourth-order valence-corrected chi connectivity index (χ4v) is 1.51. The number of rotatable bonds is 2. The molecule has 0 unspecified atom stereocenters. The van der Waals surface area contributed by atoms with Crippen molar-refractivity contribution < 1.29 is 0 Å². The first-order valence-corrected chi connectivity index (χ1v) is 4.96. The van der Waals surface area contributed by atoms with Crippen LogP contribution in [0.2, 0.25) is 10.0 Å². The molecule has 1 aromatic carbocycles. The van der Waals surface area contributed by atoms with E-state index in [2.05, 4.69) is 20.6 Å². The molecule has 6 nitrogen and oxygen atoms in total. The number of anilines is 1. The summed E-state index contributed by atoms with van der Waals surface area (Å²) in [6.07, 6.45) is 1.44. The van der Waals surface area contributed by atoms with E-state index >= 15 is 0 Å². The van der Waals surface area contributed by atoms with Gasteiger partial charge >= 0.3 is 0 Å². The summed E-state index contributed by atoms with van der Waals surface area (Å²) in [5.74, 6) is 0.0828. The Morgan fingerprint density at radius 3 is 2.56 bits per heavy atom. The number of nitrogen functional groups attached to an aromatic ring is 1. The third-order valence-electron chi connectivity index (χ3n) is 1.77. The lowest BCUT2D eigenvalue weighted by atomic mass is 10.2. The van der Waals surface area contributed by atoms with Crippen LogP contribution in [0.1, 0.15) is 5.56 Å². The highest BCUT2D eigenvalue weighted by Crippen LogP contribution is 2.22. The van der Waals surface area contributed by atoms with E-state index in [1.165, 1.54) is 6.21 Å². The van der Waals surface area contributed by atoms with Gasteiger partial charge in [0.15, 0.2) is 0 Å². The van der Waals surface area contributed by atoms with Crippen molar-refractivity contribution in [2.45, 2.75) is 0 Å². The molecule has 0 aliphatic heterocycles. The van der Waals surface area contributed by atoms with Gasteiger partial charge in [0.25, 0.3) is 5.95 Å². The average molecular weight is 257 g/mol. The average Bonchev–Trinajstić information content (AvgIpc) is 2.64. The molecule has 0 amide bonds. The van der Waals surface area contributed by atoms with Crippen molar-refractivity contribution in [3.63, 3.8) is 0 Å². The number of aromatic nitrogens is 4. The van der Waals surface area contributed by atoms with Crippen LogP contribution < -0.4 is 5.73 Å². The molecule has 0 spiro atoms. The van der Waals surface area contributed by atoms with E-state index in [1.54, 1.807) is 18.2 Å². The summed E-state index contributed by atoms with van der Waals surface area (Å²) >= 11 is 11.9. The number of hydrogen-bond acceptors (Lipinski definition) is 5. The summed E-state index contributed by atoms with van der Waals surface area (Å²) in [4.78, 5) is 1.07. The monoisotopic (exact) mass is 256 g/mol. The van der Waals surface area contributed by atoms with Crippen molar-refractivity contribution in [2.75, 3.05) is 5.73 Å². The van der Waals surface area contributed by atoms with Crippen molar-refractivity contribution in [1.29, 1.82) is 0 Å². The third kappa shape index (κ3) is 2.12. The molecular weight excluding hydrogens is 251 g/mol. The minimum Gasteiger partial charge on any atom is -0.365 e. The summed E-state index contributed by atoms with van der Waals surface area (Å²) in [6, 6.07) is 5.16. The summed E-state index contributed by atoms with van der Waals surface area (Å²) in [6.45, 7) is 0. The maximum Gasteiger partial charge on any atom is 0.263 e. The Morgan fingerprint density at radius 2 is 2.00 bits per heavy atom. The van der Waals surface area contributed by atoms with Crippen LogP contribution >= 0.6 is 23.2 Å². The zero-order valence-corrected chi connectivity index (χ0v) is 9.39. The van der Waals surface area contributed by atoms with Crippen LogP contribution in [0, 0.1) is 0 Å². The summed E-state index contributed by atoms with van der Waals surface area (Å²) < 4.78 is 0. The minimum atomic E-state index is 0.0828. The fraction of sp³-hybridized carbons (Fsp3) is 0. The Morgan fingerprint density at radius 1 is 1.31 bits per heavy atom. The molecule has 0 fully saturated rings. The third-order valence-corrected chi connectivity index (χ3v) is 2.43. The van der Waals surface area contributed by atoms with Crippen LogP contribution in [-0.4, -0.2) is 26.5 Å². The molecule has 2 aromatic rings. The number of benzene rings is 1. The van der Waals surface area contributed by atoms with Crippen molar-refractivity contribution in [3.05, 3.63) is 33.8 Å². The Bertz CT molecular complexity index is 515. The van der Waals surface area contributed by atoms with Gasteiger partial charge in [-0.05, 0) is 22.6 Å². The number of nitrogens with two attached hydrogens (primary N) is 1. The van der Waals surface area contributed by atoms with Crippen molar-refractivity contribution in [3.8, 4) is 0 Å². The maximum atomic E-state index is 5.94. The van der Waals surface area contributed by atoms with Crippen LogP contribution in [0.4, 0.5) is 5.95 Å². The first kappa shape index (κ1) is 10.8. The Hall–Kier alpha value is -1.66. The number of tetrazole rings is 1. The van der Waals surface area contributed by atoms with Crippen molar-refractivity contribution in [1.82, 2.24) is 20.3 Å². The highest BCUT2D eigenvalue weighted by Gasteiger charge is 2.03. The van der Waals surface area contributed by atoms with Gasteiger partial charge in [-0.2, -0.15) is 5.10 Å². The first-order valence-electron chi connectivity index (χ1n) is 4.20. The summed E-state index contributed by atoms with van der Waals surface area (Å²) in [7, 11) is 0. The van der Waals surface area contributed by atoms with Gasteiger partial charge in [-0.15, -0.1) is 0 Å². The quantitative estimate of drug-likeness (QED) is 0.825. The second-order valence-corrected chi connectivity index (χ2v) is 3.62. The molecular formula is C8H6Cl2N6. The van der Waals surface area contributed by atoms with E-state index in [4.69, 9.17) is 28.9 Å². The van der Waals surface area contributed by atoms with Gasteiger partial charge in [0.2, 0.25) is 0 Å². The van der Waals surface area contributed by atoms with Crippen molar-refractivity contribution >= 4 is 35.4 Å². The molecule has 8 heteroatoms. The summed E-state index contributed by atoms with van der Waals surface area (Å²) in [5, 5.41) is 15.2. The lowest BCUT2D eigenvalue weighted by Crippen LogP contribution is -2.00. The second kappa shape index (κ2) is 4.46. The number of nitrogens with zero attached hydrogens (tertiary/aromatic N) is 5. The first-order chi connectivity index (χ1) is 7.68. The molecule has 0 aliphatic rings. The van der Waals surface area contributed by atoms with Gasteiger partial charge in [0, 0.05) is 5.56 Å². The largest absolute Gasteiger partial charge is 0.365 e. The second-order valence-electron chi connectivity index (χ2n) is 2.81. The molecule has 0 atom stereocenters. The SMILES string of the molecule is Nc1nnnn1/N=C\c1c(Cl)cccc1Cl. The predicted molar refractivity (Wildman–Crippen MR) is 61.7 cm³/mol. The van der Waals surface area contributed by atoms with E-state index in [1.807, 2.05) is 0 Å². The Kier molecular flexibility index (Phi) is 3.02. The number of halogens is 2. The molecule has 0 bridgehead atoms. The zero-order chi connectivity index (χ0) is 11.5. The van der Waals surface area contributed by atoms with Crippen molar-refractivity contribution in [2.24, 2.45) is 5.10 Å². The van der Waals surface area contributed by atoms with Gasteiger partial charge in [0.05, 0.1) is 16.3 Å². The predicted octanol–water partition coefficient (Wildman–Crippen LogP) is 1.44. The van der Waals surface area contributed by atoms with Gasteiger partial charge < -0.3 is 5.73 Å². The van der Waals surface area contributed by atoms with E-state index in [-0.39, 0.29) is 5.95 Å². The molecule has 16 heavy (non-hydrogen) atoms. The molecule has 2 N–H and O–H groups in total. The van der Waals surface area contributed by atoms with Gasteiger partial charge in [-0.3, -0.25) is 0 Å². The van der Waals surface area contributed by atoms with Gasteiger partial charge in [0.1, 0.15) is 0 Å². The molecule has 2 rings (SSSR count). The lowest BCUT2D eigenvalue weighted by molar-refractivity contribution is 0.699. The normalized spacial score (nSPS) is 11.1. The zero-order valence-electron chi connectivity index (χ0n) is 7.88. The highest BCUT2D eigenvalue weighted by molar-refractivity contribution is 6.38. The van der Waals surface area contributed by atoms with E-state index < -0.39 is 0 Å². The molecule has 82 valence electrons. The van der Waals surface area contributed by atoms with Crippen LogP contribution in [0.3, 0.4) is 0 Å². The molecule has 0 aliphatic carbocycles. The van der Waals surface area contributed by atoms with Crippen LogP contribution in [0.5, 0.6) is 0 Å². The Labute approximate surface area is 101 Å². The smallest absolute Gasteiger partial charge is 0.263 e. The minimum absolute atomic E-state index is 0.0828. The number of hydrogen-bond donors (Lipinski definition) is 1.